The van der Waals surface area contributed by atoms with Gasteiger partial charge in [-0.1, -0.05) is 43.2 Å². The van der Waals surface area contributed by atoms with Gasteiger partial charge in [0.15, 0.2) is 0 Å². The molecule has 1 aromatic heterocycles. The zero-order valence-electron chi connectivity index (χ0n) is 11.5. The van der Waals surface area contributed by atoms with Gasteiger partial charge in [0.05, 0.1) is 12.2 Å². The number of rotatable bonds is 3. The number of aryl methyl sites for hydroxylation is 1. The molecular formula is C16H21N3. The van der Waals surface area contributed by atoms with Crippen LogP contribution in [0.3, 0.4) is 0 Å². The zero-order valence-corrected chi connectivity index (χ0v) is 11.5. The van der Waals surface area contributed by atoms with Gasteiger partial charge >= 0.3 is 0 Å². The Morgan fingerprint density at radius 3 is 2.58 bits per heavy atom. The summed E-state index contributed by atoms with van der Waals surface area (Å²) in [6.45, 7) is 2.84. The lowest BCUT2D eigenvalue weighted by Crippen LogP contribution is -2.10. The molecule has 0 amide bonds. The van der Waals surface area contributed by atoms with Crippen LogP contribution >= 0.6 is 0 Å². The minimum Gasteiger partial charge on any atom is -0.384 e. The molecule has 0 aliphatic heterocycles. The number of aromatic nitrogens is 2. The van der Waals surface area contributed by atoms with Crippen molar-refractivity contribution in [2.45, 2.75) is 45.1 Å². The molecule has 2 N–H and O–H groups in total. The Kier molecular flexibility index (Phi) is 3.28. The lowest BCUT2D eigenvalue weighted by atomic mass is 10.1. The number of nitrogens with two attached hydrogens (primary N) is 1. The molecule has 3 heteroatoms. The van der Waals surface area contributed by atoms with Crippen LogP contribution < -0.4 is 5.73 Å². The van der Waals surface area contributed by atoms with Crippen molar-refractivity contribution in [1.82, 2.24) is 9.55 Å². The van der Waals surface area contributed by atoms with Gasteiger partial charge in [-0.3, -0.25) is 0 Å². The first-order chi connectivity index (χ1) is 9.25. The Balaban J connectivity index is 1.95. The summed E-state index contributed by atoms with van der Waals surface area (Å²) in [6.07, 6.45) is 5.15. The molecule has 1 aromatic carbocycles. The number of imidazole rings is 1. The van der Waals surface area contributed by atoms with Gasteiger partial charge in [0.2, 0.25) is 0 Å². The maximum atomic E-state index is 6.22. The summed E-state index contributed by atoms with van der Waals surface area (Å²) in [4.78, 5) is 4.73. The van der Waals surface area contributed by atoms with E-state index in [9.17, 15) is 0 Å². The molecule has 1 aliphatic rings. The van der Waals surface area contributed by atoms with Crippen molar-refractivity contribution >= 4 is 5.82 Å². The summed E-state index contributed by atoms with van der Waals surface area (Å²) in [6, 6.07) is 10.5. The van der Waals surface area contributed by atoms with Crippen LogP contribution in [0, 0.1) is 6.92 Å². The first-order valence-corrected chi connectivity index (χ1v) is 7.12. The molecule has 1 heterocycles. The van der Waals surface area contributed by atoms with Gasteiger partial charge in [-0.15, -0.1) is 0 Å². The summed E-state index contributed by atoms with van der Waals surface area (Å²) in [5.74, 6) is 2.61. The van der Waals surface area contributed by atoms with Crippen LogP contribution in [0.4, 0.5) is 5.82 Å². The standard InChI is InChI=1S/C16H21N3/c1-12-15(17)19(11-13-7-3-2-4-8-13)16(18-12)14-9-5-6-10-14/h2-4,7-8,14H,5-6,9-11,17H2,1H3. The van der Waals surface area contributed by atoms with Gasteiger partial charge in [0, 0.05) is 5.92 Å². The van der Waals surface area contributed by atoms with Crippen molar-refractivity contribution < 1.29 is 0 Å². The topological polar surface area (TPSA) is 43.8 Å². The molecule has 0 spiro atoms. The fourth-order valence-electron chi connectivity index (χ4n) is 3.04. The third-order valence-electron chi connectivity index (χ3n) is 4.12. The number of nitrogen functional groups attached to an aromatic ring is 1. The van der Waals surface area contributed by atoms with E-state index in [1.54, 1.807) is 0 Å². The normalized spacial score (nSPS) is 16.1. The monoisotopic (exact) mass is 255 g/mol. The predicted molar refractivity (Wildman–Crippen MR) is 78.1 cm³/mol. The zero-order chi connectivity index (χ0) is 13.2. The van der Waals surface area contributed by atoms with Crippen molar-refractivity contribution in [1.29, 1.82) is 0 Å². The number of anilines is 1. The minimum absolute atomic E-state index is 0.597. The fourth-order valence-corrected chi connectivity index (χ4v) is 3.04. The Bertz CT molecular complexity index is 551. The highest BCUT2D eigenvalue weighted by molar-refractivity contribution is 5.39. The molecular weight excluding hydrogens is 234 g/mol. The van der Waals surface area contributed by atoms with E-state index in [0.717, 1.165) is 18.1 Å². The van der Waals surface area contributed by atoms with E-state index in [1.807, 2.05) is 13.0 Å². The first-order valence-electron chi connectivity index (χ1n) is 7.12. The summed E-state index contributed by atoms with van der Waals surface area (Å²) in [5, 5.41) is 0. The van der Waals surface area contributed by atoms with Crippen LogP contribution in [0.1, 0.15) is 48.7 Å². The maximum Gasteiger partial charge on any atom is 0.126 e. The molecule has 0 saturated heterocycles. The van der Waals surface area contributed by atoms with E-state index < -0.39 is 0 Å². The summed E-state index contributed by atoms with van der Waals surface area (Å²) in [7, 11) is 0. The molecule has 2 aromatic rings. The molecule has 0 unspecified atom stereocenters. The van der Waals surface area contributed by atoms with Crippen LogP contribution in [0.25, 0.3) is 0 Å². The largest absolute Gasteiger partial charge is 0.384 e. The molecule has 0 radical (unpaired) electrons. The Labute approximate surface area is 114 Å². The molecule has 1 fully saturated rings. The number of hydrogen-bond donors (Lipinski definition) is 1. The van der Waals surface area contributed by atoms with Crippen molar-refractivity contribution in [2.24, 2.45) is 0 Å². The highest BCUT2D eigenvalue weighted by Gasteiger charge is 2.24. The predicted octanol–water partition coefficient (Wildman–Crippen LogP) is 3.48. The van der Waals surface area contributed by atoms with Gasteiger partial charge in [0.25, 0.3) is 0 Å². The Hall–Kier alpha value is -1.77. The average molecular weight is 255 g/mol. The smallest absolute Gasteiger partial charge is 0.126 e. The molecule has 3 rings (SSSR count). The number of nitrogens with zero attached hydrogens (tertiary/aromatic N) is 2. The Morgan fingerprint density at radius 2 is 1.89 bits per heavy atom. The van der Waals surface area contributed by atoms with Crippen LogP contribution in [0.2, 0.25) is 0 Å². The van der Waals surface area contributed by atoms with Crippen LogP contribution in [-0.2, 0) is 6.54 Å². The summed E-state index contributed by atoms with van der Waals surface area (Å²) in [5.41, 5.74) is 8.47. The molecule has 1 aliphatic carbocycles. The molecule has 19 heavy (non-hydrogen) atoms. The van der Waals surface area contributed by atoms with Crippen LogP contribution in [0.15, 0.2) is 30.3 Å². The summed E-state index contributed by atoms with van der Waals surface area (Å²) < 4.78 is 2.21. The highest BCUT2D eigenvalue weighted by atomic mass is 15.1. The third-order valence-corrected chi connectivity index (χ3v) is 4.12. The van der Waals surface area contributed by atoms with Crippen LogP contribution in [-0.4, -0.2) is 9.55 Å². The SMILES string of the molecule is Cc1nc(C2CCCC2)n(Cc2ccccc2)c1N. The Morgan fingerprint density at radius 1 is 1.21 bits per heavy atom. The lowest BCUT2D eigenvalue weighted by molar-refractivity contribution is 0.613. The number of benzene rings is 1. The molecule has 100 valence electrons. The first kappa shape index (κ1) is 12.3. The van der Waals surface area contributed by atoms with E-state index >= 15 is 0 Å². The third kappa shape index (κ3) is 2.37. The van der Waals surface area contributed by atoms with Gasteiger partial charge in [0.1, 0.15) is 11.6 Å². The molecule has 0 atom stereocenters. The minimum atomic E-state index is 0.597. The van der Waals surface area contributed by atoms with E-state index in [4.69, 9.17) is 10.7 Å². The van der Waals surface area contributed by atoms with Gasteiger partial charge < -0.3 is 10.3 Å². The average Bonchev–Trinajstić information content (AvgIpc) is 3.04. The second-order valence-electron chi connectivity index (χ2n) is 5.49. The highest BCUT2D eigenvalue weighted by Crippen LogP contribution is 2.35. The molecule has 0 bridgehead atoms. The van der Waals surface area contributed by atoms with E-state index in [-0.39, 0.29) is 0 Å². The van der Waals surface area contributed by atoms with Crippen molar-refractivity contribution in [3.63, 3.8) is 0 Å². The van der Waals surface area contributed by atoms with E-state index in [0.29, 0.717) is 5.92 Å². The van der Waals surface area contributed by atoms with Gasteiger partial charge in [-0.2, -0.15) is 0 Å². The van der Waals surface area contributed by atoms with Gasteiger partial charge in [-0.25, -0.2) is 4.98 Å². The number of hydrogen-bond acceptors (Lipinski definition) is 2. The van der Waals surface area contributed by atoms with Gasteiger partial charge in [-0.05, 0) is 25.3 Å². The van der Waals surface area contributed by atoms with Crippen molar-refractivity contribution in [3.05, 3.63) is 47.4 Å². The van der Waals surface area contributed by atoms with E-state index in [2.05, 4.69) is 28.8 Å². The van der Waals surface area contributed by atoms with Crippen LogP contribution in [0.5, 0.6) is 0 Å². The van der Waals surface area contributed by atoms with Crippen molar-refractivity contribution in [3.8, 4) is 0 Å². The van der Waals surface area contributed by atoms with Crippen molar-refractivity contribution in [2.75, 3.05) is 5.73 Å². The second-order valence-corrected chi connectivity index (χ2v) is 5.49. The summed E-state index contributed by atoms with van der Waals surface area (Å²) >= 11 is 0. The quantitative estimate of drug-likeness (QED) is 0.912. The lowest BCUT2D eigenvalue weighted by Gasteiger charge is -2.14. The molecule has 3 nitrogen and oxygen atoms in total. The van der Waals surface area contributed by atoms with E-state index in [1.165, 1.54) is 37.1 Å². The fraction of sp³-hybridized carbons (Fsp3) is 0.438. The molecule has 1 saturated carbocycles. The maximum absolute atomic E-state index is 6.22. The second kappa shape index (κ2) is 5.08.